The van der Waals surface area contributed by atoms with Gasteiger partial charge in [0.1, 0.15) is 11.6 Å². The van der Waals surface area contributed by atoms with Crippen LogP contribution in [0.3, 0.4) is 0 Å². The second-order valence-corrected chi connectivity index (χ2v) is 6.09. The normalized spacial score (nSPS) is 18.9. The average Bonchev–Trinajstić information content (AvgIpc) is 2.49. The standard InChI is InChI=1S/C17H26F2N2/c1-3-8-20-13(2)14-6-9-21(10-7-14)12-15-11-16(18)4-5-17(15)19/h4-5,11,13-14,20H,3,6-10,12H2,1-2H3. The number of halogens is 2. The molecule has 1 N–H and O–H groups in total. The monoisotopic (exact) mass is 296 g/mol. The summed E-state index contributed by atoms with van der Waals surface area (Å²) in [7, 11) is 0. The van der Waals surface area contributed by atoms with Crippen LogP contribution in [-0.2, 0) is 6.54 Å². The molecule has 1 saturated heterocycles. The van der Waals surface area contributed by atoms with Crippen molar-refractivity contribution in [2.75, 3.05) is 19.6 Å². The number of hydrogen-bond acceptors (Lipinski definition) is 2. The Morgan fingerprint density at radius 2 is 2.00 bits per heavy atom. The van der Waals surface area contributed by atoms with Crippen LogP contribution in [0.4, 0.5) is 8.78 Å². The molecule has 0 radical (unpaired) electrons. The van der Waals surface area contributed by atoms with E-state index in [4.69, 9.17) is 0 Å². The molecule has 1 aromatic carbocycles. The Hall–Kier alpha value is -1.00. The molecule has 0 aromatic heterocycles. The molecule has 1 fully saturated rings. The molecular weight excluding hydrogens is 270 g/mol. The van der Waals surface area contributed by atoms with Crippen LogP contribution in [0, 0.1) is 17.6 Å². The first-order valence-corrected chi connectivity index (χ1v) is 7.99. The highest BCUT2D eigenvalue weighted by Crippen LogP contribution is 2.23. The van der Waals surface area contributed by atoms with Crippen molar-refractivity contribution in [2.45, 2.75) is 45.7 Å². The van der Waals surface area contributed by atoms with E-state index in [2.05, 4.69) is 24.1 Å². The fraction of sp³-hybridized carbons (Fsp3) is 0.647. The predicted octanol–water partition coefficient (Wildman–Crippen LogP) is 3.56. The number of nitrogens with zero attached hydrogens (tertiary/aromatic N) is 1. The summed E-state index contributed by atoms with van der Waals surface area (Å²) in [6.07, 6.45) is 3.39. The number of hydrogen-bond donors (Lipinski definition) is 1. The van der Waals surface area contributed by atoms with Crippen LogP contribution < -0.4 is 5.32 Å². The summed E-state index contributed by atoms with van der Waals surface area (Å²) in [5.41, 5.74) is 0.464. The first kappa shape index (κ1) is 16.4. The molecule has 1 heterocycles. The van der Waals surface area contributed by atoms with Crippen LogP contribution in [0.15, 0.2) is 18.2 Å². The summed E-state index contributed by atoms with van der Waals surface area (Å²) >= 11 is 0. The van der Waals surface area contributed by atoms with Gasteiger partial charge in [0, 0.05) is 18.2 Å². The third-order valence-corrected chi connectivity index (χ3v) is 4.46. The van der Waals surface area contributed by atoms with Gasteiger partial charge in [-0.2, -0.15) is 0 Å². The van der Waals surface area contributed by atoms with Gasteiger partial charge in [-0.1, -0.05) is 6.92 Å². The molecule has 1 unspecified atom stereocenters. The largest absolute Gasteiger partial charge is 0.314 e. The third-order valence-electron chi connectivity index (χ3n) is 4.46. The molecule has 0 aliphatic carbocycles. The van der Waals surface area contributed by atoms with Gasteiger partial charge in [-0.15, -0.1) is 0 Å². The molecule has 1 aromatic rings. The van der Waals surface area contributed by atoms with E-state index < -0.39 is 0 Å². The van der Waals surface area contributed by atoms with Crippen molar-refractivity contribution in [2.24, 2.45) is 5.92 Å². The second-order valence-electron chi connectivity index (χ2n) is 6.09. The number of nitrogens with one attached hydrogen (secondary N) is 1. The Morgan fingerprint density at radius 3 is 2.67 bits per heavy atom. The molecular formula is C17H26F2N2. The summed E-state index contributed by atoms with van der Waals surface area (Å²) in [6, 6.07) is 4.24. The van der Waals surface area contributed by atoms with Gasteiger partial charge in [0.05, 0.1) is 0 Å². The van der Waals surface area contributed by atoms with Gasteiger partial charge < -0.3 is 5.32 Å². The van der Waals surface area contributed by atoms with E-state index in [0.29, 0.717) is 24.1 Å². The highest BCUT2D eigenvalue weighted by molar-refractivity contribution is 5.18. The van der Waals surface area contributed by atoms with Crippen LogP contribution in [-0.4, -0.2) is 30.6 Å². The number of rotatable bonds is 6. The third kappa shape index (κ3) is 4.75. The van der Waals surface area contributed by atoms with Crippen molar-refractivity contribution in [3.05, 3.63) is 35.4 Å². The summed E-state index contributed by atoms with van der Waals surface area (Å²) in [5.74, 6) is 0.0142. The molecule has 1 aliphatic heterocycles. The van der Waals surface area contributed by atoms with Crippen molar-refractivity contribution in [3.8, 4) is 0 Å². The molecule has 0 amide bonds. The highest BCUT2D eigenvalue weighted by Gasteiger charge is 2.24. The van der Waals surface area contributed by atoms with Crippen LogP contribution >= 0.6 is 0 Å². The topological polar surface area (TPSA) is 15.3 Å². The van der Waals surface area contributed by atoms with E-state index in [-0.39, 0.29) is 11.6 Å². The van der Waals surface area contributed by atoms with Crippen molar-refractivity contribution in [3.63, 3.8) is 0 Å². The van der Waals surface area contributed by atoms with Gasteiger partial charge in [-0.05, 0) is 69.9 Å². The lowest BCUT2D eigenvalue weighted by Crippen LogP contribution is -2.42. The smallest absolute Gasteiger partial charge is 0.127 e. The zero-order valence-electron chi connectivity index (χ0n) is 13.0. The SMILES string of the molecule is CCCNC(C)C1CCN(Cc2cc(F)ccc2F)CC1. The predicted molar refractivity (Wildman–Crippen MR) is 82.1 cm³/mol. The van der Waals surface area contributed by atoms with Gasteiger partial charge in [0.25, 0.3) is 0 Å². The Morgan fingerprint density at radius 1 is 1.29 bits per heavy atom. The summed E-state index contributed by atoms with van der Waals surface area (Å²) < 4.78 is 26.9. The lowest BCUT2D eigenvalue weighted by molar-refractivity contribution is 0.155. The van der Waals surface area contributed by atoms with E-state index in [9.17, 15) is 8.78 Å². The molecule has 0 bridgehead atoms. The van der Waals surface area contributed by atoms with E-state index in [1.54, 1.807) is 0 Å². The number of piperidine rings is 1. The molecule has 0 saturated carbocycles. The first-order valence-electron chi connectivity index (χ1n) is 7.99. The second kappa shape index (κ2) is 7.85. The minimum absolute atomic E-state index is 0.309. The summed E-state index contributed by atoms with van der Waals surface area (Å²) in [6.45, 7) is 7.92. The van der Waals surface area contributed by atoms with Crippen LogP contribution in [0.2, 0.25) is 0 Å². The maximum atomic E-state index is 13.7. The Labute approximate surface area is 126 Å². The van der Waals surface area contributed by atoms with E-state index >= 15 is 0 Å². The lowest BCUT2D eigenvalue weighted by Gasteiger charge is -2.35. The highest BCUT2D eigenvalue weighted by atomic mass is 19.1. The Balaban J connectivity index is 1.82. The average molecular weight is 296 g/mol. The minimum Gasteiger partial charge on any atom is -0.314 e. The molecule has 0 spiro atoms. The van der Waals surface area contributed by atoms with Crippen LogP contribution in [0.25, 0.3) is 0 Å². The van der Waals surface area contributed by atoms with Gasteiger partial charge in [0.2, 0.25) is 0 Å². The van der Waals surface area contributed by atoms with Gasteiger partial charge in [0.15, 0.2) is 0 Å². The summed E-state index contributed by atoms with van der Waals surface area (Å²) in [4.78, 5) is 2.22. The Kier molecular flexibility index (Phi) is 6.12. The first-order chi connectivity index (χ1) is 10.1. The molecule has 2 nitrogen and oxygen atoms in total. The molecule has 1 aliphatic rings. The molecule has 2 rings (SSSR count). The maximum Gasteiger partial charge on any atom is 0.127 e. The van der Waals surface area contributed by atoms with Gasteiger partial charge in [-0.3, -0.25) is 4.90 Å². The summed E-state index contributed by atoms with van der Waals surface area (Å²) in [5, 5.41) is 3.56. The Bertz CT molecular complexity index is 442. The van der Waals surface area contributed by atoms with Gasteiger partial charge in [-0.25, -0.2) is 8.78 Å². The van der Waals surface area contributed by atoms with Crippen LogP contribution in [0.1, 0.15) is 38.7 Å². The number of benzene rings is 1. The lowest BCUT2D eigenvalue weighted by atomic mass is 9.90. The molecule has 118 valence electrons. The number of likely N-dealkylation sites (tertiary alicyclic amines) is 1. The molecule has 21 heavy (non-hydrogen) atoms. The van der Waals surface area contributed by atoms with E-state index in [1.807, 2.05) is 0 Å². The maximum absolute atomic E-state index is 13.7. The van der Waals surface area contributed by atoms with E-state index in [0.717, 1.165) is 38.9 Å². The molecule has 1 atom stereocenters. The van der Waals surface area contributed by atoms with Crippen molar-refractivity contribution in [1.82, 2.24) is 10.2 Å². The van der Waals surface area contributed by atoms with Crippen molar-refractivity contribution >= 4 is 0 Å². The zero-order chi connectivity index (χ0) is 15.2. The van der Waals surface area contributed by atoms with Crippen molar-refractivity contribution < 1.29 is 8.78 Å². The molecule has 4 heteroatoms. The fourth-order valence-corrected chi connectivity index (χ4v) is 3.06. The van der Waals surface area contributed by atoms with E-state index in [1.165, 1.54) is 18.2 Å². The minimum atomic E-state index is -0.362. The quantitative estimate of drug-likeness (QED) is 0.863. The zero-order valence-corrected chi connectivity index (χ0v) is 13.0. The van der Waals surface area contributed by atoms with Gasteiger partial charge >= 0.3 is 0 Å². The van der Waals surface area contributed by atoms with Crippen LogP contribution in [0.5, 0.6) is 0 Å². The van der Waals surface area contributed by atoms with Crippen molar-refractivity contribution in [1.29, 1.82) is 0 Å². The fourth-order valence-electron chi connectivity index (χ4n) is 3.06.